The molecule has 0 bridgehead atoms. The Kier molecular flexibility index (Phi) is 5.72. The Morgan fingerprint density at radius 2 is 1.11 bits per heavy atom. The fourth-order valence-corrected chi connectivity index (χ4v) is 7.27. The summed E-state index contributed by atoms with van der Waals surface area (Å²) in [4.78, 5) is 12.0. The number of carboxylic acids is 1. The van der Waals surface area contributed by atoms with Gasteiger partial charge in [-0.3, -0.25) is 0 Å². The molecule has 3 rings (SSSR count). The second-order valence-electron chi connectivity index (χ2n) is 7.65. The first-order valence-corrected chi connectivity index (χ1v) is 10.8. The molecule has 0 radical (unpaired) electrons. The van der Waals surface area contributed by atoms with E-state index in [1.807, 2.05) is 18.2 Å². The van der Waals surface area contributed by atoms with Crippen LogP contribution in [-0.2, 0) is 0 Å². The first-order chi connectivity index (χ1) is 13.2. The molecule has 0 heterocycles. The lowest BCUT2D eigenvalue weighted by Gasteiger charge is -2.28. The molecule has 3 aromatic carbocycles. The minimum Gasteiger partial charge on any atom is -0.478 e. The van der Waals surface area contributed by atoms with E-state index >= 15 is 0 Å². The van der Waals surface area contributed by atoms with Gasteiger partial charge in [-0.2, -0.15) is 0 Å². The van der Waals surface area contributed by atoms with Gasteiger partial charge in [-0.15, -0.1) is 0 Å². The van der Waals surface area contributed by atoms with Crippen molar-refractivity contribution in [3.63, 3.8) is 0 Å². The number of hydrogen-bond acceptors (Lipinski definition) is 1. The van der Waals surface area contributed by atoms with E-state index in [0.29, 0.717) is 5.56 Å². The maximum Gasteiger partial charge on any atom is 0.336 e. The second kappa shape index (κ2) is 7.89. The fraction of sp³-hybridized carbons (Fsp3) is 0.240. The van der Waals surface area contributed by atoms with Crippen molar-refractivity contribution in [3.05, 3.63) is 87.5 Å². The first kappa shape index (κ1) is 20.3. The van der Waals surface area contributed by atoms with Crippen molar-refractivity contribution in [1.29, 1.82) is 0 Å². The average molecular weight is 390 g/mol. The van der Waals surface area contributed by atoms with Crippen LogP contribution < -0.4 is 15.9 Å². The highest BCUT2D eigenvalue weighted by Crippen LogP contribution is 2.39. The summed E-state index contributed by atoms with van der Waals surface area (Å²) < 4.78 is 0. The van der Waals surface area contributed by atoms with Crippen molar-refractivity contribution in [3.8, 4) is 0 Å². The standard InChI is InChI=1S/C25H27O2P/c1-15-11-17(3)23(18(4)12-15)28(22-10-8-7-9-21(22)25(26)27)24-19(5)13-16(2)14-20(24)6/h7-14H,1-6H3,(H,26,27). The third kappa shape index (κ3) is 3.75. The third-order valence-corrected chi connectivity index (χ3v) is 8.27. The summed E-state index contributed by atoms with van der Waals surface area (Å²) in [6, 6.07) is 16.3. The van der Waals surface area contributed by atoms with Gasteiger partial charge >= 0.3 is 5.97 Å². The Morgan fingerprint density at radius 3 is 1.50 bits per heavy atom. The molecule has 0 aliphatic rings. The minimum atomic E-state index is -0.988. The SMILES string of the molecule is Cc1cc(C)c(P(c2ccccc2C(=O)O)c2c(C)cc(C)cc2C)c(C)c1. The summed E-state index contributed by atoms with van der Waals surface area (Å²) in [6.45, 7) is 12.8. The van der Waals surface area contributed by atoms with Gasteiger partial charge in [0.15, 0.2) is 0 Å². The Morgan fingerprint density at radius 1 is 0.714 bits per heavy atom. The van der Waals surface area contributed by atoms with Crippen LogP contribution in [0.2, 0.25) is 0 Å². The zero-order valence-corrected chi connectivity index (χ0v) is 18.3. The average Bonchev–Trinajstić information content (AvgIpc) is 2.58. The van der Waals surface area contributed by atoms with Gasteiger partial charge in [-0.1, -0.05) is 53.6 Å². The van der Waals surface area contributed by atoms with Gasteiger partial charge in [-0.25, -0.2) is 4.79 Å². The maximum atomic E-state index is 12.0. The molecule has 3 aromatic rings. The van der Waals surface area contributed by atoms with E-state index in [1.165, 1.54) is 44.0 Å². The van der Waals surface area contributed by atoms with E-state index in [-0.39, 0.29) is 0 Å². The van der Waals surface area contributed by atoms with Gasteiger partial charge in [0.2, 0.25) is 0 Å². The molecule has 28 heavy (non-hydrogen) atoms. The molecule has 2 nitrogen and oxygen atoms in total. The second-order valence-corrected chi connectivity index (χ2v) is 9.70. The lowest BCUT2D eigenvalue weighted by atomic mass is 10.1. The largest absolute Gasteiger partial charge is 0.478 e. The Balaban J connectivity index is 2.43. The molecule has 0 amide bonds. The molecule has 144 valence electrons. The molecule has 0 saturated carbocycles. The van der Waals surface area contributed by atoms with Crippen LogP contribution in [0.3, 0.4) is 0 Å². The van der Waals surface area contributed by atoms with Gasteiger partial charge in [0.1, 0.15) is 0 Å². The van der Waals surface area contributed by atoms with E-state index in [2.05, 4.69) is 65.8 Å². The van der Waals surface area contributed by atoms with Gasteiger partial charge in [-0.05, 0) is 93.7 Å². The first-order valence-electron chi connectivity index (χ1n) is 9.49. The summed E-state index contributed by atoms with van der Waals surface area (Å²) in [6.07, 6.45) is 0. The zero-order valence-electron chi connectivity index (χ0n) is 17.4. The summed E-state index contributed by atoms with van der Waals surface area (Å²) in [7, 11) is -0.988. The number of carbonyl (C=O) groups is 1. The highest BCUT2D eigenvalue weighted by atomic mass is 31.1. The van der Waals surface area contributed by atoms with Crippen LogP contribution in [0, 0.1) is 41.5 Å². The van der Waals surface area contributed by atoms with Crippen molar-refractivity contribution in [1.82, 2.24) is 0 Å². The topological polar surface area (TPSA) is 37.3 Å². The van der Waals surface area contributed by atoms with Crippen LogP contribution in [0.25, 0.3) is 0 Å². The fourth-order valence-electron chi connectivity index (χ4n) is 4.25. The monoisotopic (exact) mass is 390 g/mol. The van der Waals surface area contributed by atoms with Crippen molar-refractivity contribution >= 4 is 29.8 Å². The number of hydrogen-bond donors (Lipinski definition) is 1. The Labute approximate surface area is 169 Å². The Hall–Kier alpha value is -2.44. The van der Waals surface area contributed by atoms with E-state index in [9.17, 15) is 9.90 Å². The van der Waals surface area contributed by atoms with Gasteiger partial charge in [0.25, 0.3) is 0 Å². The van der Waals surface area contributed by atoms with Crippen molar-refractivity contribution in [2.75, 3.05) is 0 Å². The lowest BCUT2D eigenvalue weighted by Crippen LogP contribution is -2.30. The smallest absolute Gasteiger partial charge is 0.336 e. The summed E-state index contributed by atoms with van der Waals surface area (Å²) >= 11 is 0. The molecule has 0 spiro atoms. The van der Waals surface area contributed by atoms with Crippen molar-refractivity contribution in [2.24, 2.45) is 0 Å². The molecular weight excluding hydrogens is 363 g/mol. The van der Waals surface area contributed by atoms with Gasteiger partial charge < -0.3 is 5.11 Å². The molecule has 0 fully saturated rings. The van der Waals surface area contributed by atoms with E-state index < -0.39 is 13.9 Å². The predicted octanol–water partition coefficient (Wildman–Crippen LogP) is 4.99. The molecular formula is C25H27O2P. The van der Waals surface area contributed by atoms with Crippen LogP contribution >= 0.6 is 7.92 Å². The summed E-state index contributed by atoms with van der Waals surface area (Å²) in [5, 5.41) is 13.3. The highest BCUT2D eigenvalue weighted by Gasteiger charge is 2.27. The number of aromatic carboxylic acids is 1. The molecule has 3 heteroatoms. The molecule has 0 aliphatic heterocycles. The lowest BCUT2D eigenvalue weighted by molar-refractivity contribution is 0.0698. The Bertz CT molecular complexity index is 962. The van der Waals surface area contributed by atoms with E-state index in [0.717, 1.165) is 5.30 Å². The third-order valence-electron chi connectivity index (χ3n) is 5.09. The van der Waals surface area contributed by atoms with E-state index in [1.54, 1.807) is 6.07 Å². The maximum absolute atomic E-state index is 12.0. The van der Waals surface area contributed by atoms with Crippen molar-refractivity contribution in [2.45, 2.75) is 41.5 Å². The zero-order chi connectivity index (χ0) is 20.6. The molecule has 0 aromatic heterocycles. The quantitative estimate of drug-likeness (QED) is 0.637. The van der Waals surface area contributed by atoms with Crippen LogP contribution in [0.15, 0.2) is 48.5 Å². The van der Waals surface area contributed by atoms with Crippen LogP contribution in [-0.4, -0.2) is 11.1 Å². The number of carboxylic acid groups (broad SMARTS) is 1. The van der Waals surface area contributed by atoms with Crippen LogP contribution in [0.1, 0.15) is 43.7 Å². The normalized spacial score (nSPS) is 11.1. The van der Waals surface area contributed by atoms with Crippen LogP contribution in [0.4, 0.5) is 0 Å². The highest BCUT2D eigenvalue weighted by molar-refractivity contribution is 7.80. The van der Waals surface area contributed by atoms with Gasteiger partial charge in [0.05, 0.1) is 5.56 Å². The number of rotatable bonds is 4. The predicted molar refractivity (Wildman–Crippen MR) is 121 cm³/mol. The van der Waals surface area contributed by atoms with Gasteiger partial charge in [0, 0.05) is 0 Å². The number of aryl methyl sites for hydroxylation is 6. The van der Waals surface area contributed by atoms with E-state index in [4.69, 9.17) is 0 Å². The van der Waals surface area contributed by atoms with Crippen molar-refractivity contribution < 1.29 is 9.90 Å². The molecule has 1 N–H and O–H groups in total. The summed E-state index contributed by atoms with van der Waals surface area (Å²) in [5.74, 6) is -0.868. The number of benzene rings is 3. The minimum absolute atomic E-state index is 0.396. The molecule has 0 atom stereocenters. The molecule has 0 unspecified atom stereocenters. The van der Waals surface area contributed by atoms with Crippen LogP contribution in [0.5, 0.6) is 0 Å². The molecule has 0 aliphatic carbocycles. The summed E-state index contributed by atoms with van der Waals surface area (Å²) in [5.41, 5.74) is 7.76. The molecule has 0 saturated heterocycles.